The second-order valence-corrected chi connectivity index (χ2v) is 6.26. The number of carbonyl (C=O) groups is 3. The molecule has 0 radical (unpaired) electrons. The monoisotopic (exact) mass is 347 g/mol. The number of nitrogens with zero attached hydrogens (tertiary/aromatic N) is 1. The van der Waals surface area contributed by atoms with Gasteiger partial charge in [0, 0.05) is 12.1 Å². The highest BCUT2D eigenvalue weighted by Gasteiger charge is 2.61. The third kappa shape index (κ3) is 3.06. The minimum Gasteiger partial charge on any atom is -0.469 e. The lowest BCUT2D eigenvalue weighted by Crippen LogP contribution is -2.39. The molecule has 1 aromatic rings. The SMILES string of the molecule is COC(=O)[C@H]1[C@H](C(=O)OC)[C@H]2CC[C@H]1N2C(=O)OCc1ccccc1. The summed E-state index contributed by atoms with van der Waals surface area (Å²) in [5.41, 5.74) is 0.872. The van der Waals surface area contributed by atoms with Crippen molar-refractivity contribution < 1.29 is 28.6 Å². The Kier molecular flexibility index (Phi) is 4.92. The maximum Gasteiger partial charge on any atom is 0.410 e. The summed E-state index contributed by atoms with van der Waals surface area (Å²) in [6, 6.07) is 8.54. The zero-order valence-electron chi connectivity index (χ0n) is 14.2. The smallest absolute Gasteiger partial charge is 0.410 e. The Labute approximate surface area is 145 Å². The predicted octanol–water partition coefficient (Wildman–Crippen LogP) is 1.75. The molecule has 134 valence electrons. The molecule has 7 heteroatoms. The minimum atomic E-state index is -0.708. The van der Waals surface area contributed by atoms with Crippen LogP contribution in [0.25, 0.3) is 0 Å². The summed E-state index contributed by atoms with van der Waals surface area (Å²) in [6.07, 6.45) is 0.758. The van der Waals surface area contributed by atoms with E-state index in [0.29, 0.717) is 12.8 Å². The lowest BCUT2D eigenvalue weighted by molar-refractivity contribution is -0.157. The molecule has 0 saturated carbocycles. The zero-order valence-corrected chi connectivity index (χ0v) is 14.2. The van der Waals surface area contributed by atoms with E-state index in [4.69, 9.17) is 14.2 Å². The van der Waals surface area contributed by atoms with Gasteiger partial charge in [-0.1, -0.05) is 30.3 Å². The molecule has 2 fully saturated rings. The first-order valence-electron chi connectivity index (χ1n) is 8.23. The Bertz CT molecular complexity index is 631. The first-order chi connectivity index (χ1) is 12.1. The number of methoxy groups -OCH3 is 2. The van der Waals surface area contributed by atoms with E-state index in [0.717, 1.165) is 5.56 Å². The standard InChI is InChI=1S/C18H21NO6/c1-23-16(20)14-12-8-9-13(15(14)17(21)24-2)19(12)18(22)25-10-11-6-4-3-5-7-11/h3-7,12-15H,8-10H2,1-2H3/t12-,13-,14-,15-/m1/s1. The summed E-state index contributed by atoms with van der Waals surface area (Å²) in [5, 5.41) is 0. The van der Waals surface area contributed by atoms with Gasteiger partial charge >= 0.3 is 18.0 Å². The van der Waals surface area contributed by atoms with Crippen molar-refractivity contribution in [1.82, 2.24) is 4.90 Å². The molecule has 1 amide bonds. The summed E-state index contributed by atoms with van der Waals surface area (Å²) in [7, 11) is 2.56. The third-order valence-electron chi connectivity index (χ3n) is 5.05. The van der Waals surface area contributed by atoms with Crippen LogP contribution in [0, 0.1) is 11.8 Å². The molecular formula is C18H21NO6. The van der Waals surface area contributed by atoms with Crippen LogP contribution in [-0.4, -0.2) is 49.2 Å². The van der Waals surface area contributed by atoms with Gasteiger partial charge in [-0.2, -0.15) is 0 Å². The van der Waals surface area contributed by atoms with Crippen LogP contribution in [0.3, 0.4) is 0 Å². The normalized spacial score (nSPS) is 27.0. The minimum absolute atomic E-state index is 0.140. The van der Waals surface area contributed by atoms with Crippen LogP contribution in [0.1, 0.15) is 18.4 Å². The maximum absolute atomic E-state index is 12.6. The van der Waals surface area contributed by atoms with Crippen molar-refractivity contribution in [2.24, 2.45) is 11.8 Å². The summed E-state index contributed by atoms with van der Waals surface area (Å²) in [5.74, 6) is -2.41. The summed E-state index contributed by atoms with van der Waals surface area (Å²) in [6.45, 7) is 0.140. The second-order valence-electron chi connectivity index (χ2n) is 6.26. The van der Waals surface area contributed by atoms with Crippen molar-refractivity contribution >= 4 is 18.0 Å². The average molecular weight is 347 g/mol. The lowest BCUT2D eigenvalue weighted by atomic mass is 9.79. The highest BCUT2D eigenvalue weighted by atomic mass is 16.6. The molecule has 2 aliphatic heterocycles. The van der Waals surface area contributed by atoms with E-state index in [-0.39, 0.29) is 6.61 Å². The Hall–Kier alpha value is -2.57. The molecule has 1 aromatic carbocycles. The van der Waals surface area contributed by atoms with Crippen LogP contribution in [0.2, 0.25) is 0 Å². The number of rotatable bonds is 4. The molecule has 3 rings (SSSR count). The van der Waals surface area contributed by atoms with Crippen LogP contribution < -0.4 is 0 Å². The van der Waals surface area contributed by atoms with Crippen LogP contribution in [-0.2, 0) is 30.4 Å². The Morgan fingerprint density at radius 1 is 0.960 bits per heavy atom. The van der Waals surface area contributed by atoms with Gasteiger partial charge in [-0.3, -0.25) is 9.59 Å². The van der Waals surface area contributed by atoms with Crippen LogP contribution >= 0.6 is 0 Å². The molecule has 0 N–H and O–H groups in total. The molecule has 0 unspecified atom stereocenters. The zero-order chi connectivity index (χ0) is 18.0. The average Bonchev–Trinajstić information content (AvgIpc) is 3.21. The Balaban J connectivity index is 1.76. The number of hydrogen-bond acceptors (Lipinski definition) is 6. The van der Waals surface area contributed by atoms with E-state index in [1.165, 1.54) is 19.1 Å². The molecule has 2 heterocycles. The van der Waals surface area contributed by atoms with E-state index in [9.17, 15) is 14.4 Å². The van der Waals surface area contributed by atoms with Crippen molar-refractivity contribution in [3.63, 3.8) is 0 Å². The van der Waals surface area contributed by atoms with E-state index in [1.807, 2.05) is 30.3 Å². The van der Waals surface area contributed by atoms with Crippen molar-refractivity contribution in [1.29, 1.82) is 0 Å². The number of ether oxygens (including phenoxy) is 3. The first kappa shape index (κ1) is 17.3. The Morgan fingerprint density at radius 3 is 1.96 bits per heavy atom. The van der Waals surface area contributed by atoms with Crippen LogP contribution in [0.5, 0.6) is 0 Å². The number of fused-ring (bicyclic) bond motifs is 2. The quantitative estimate of drug-likeness (QED) is 0.610. The van der Waals surface area contributed by atoms with Crippen molar-refractivity contribution in [2.45, 2.75) is 31.5 Å². The van der Waals surface area contributed by atoms with Gasteiger partial charge in [0.1, 0.15) is 6.61 Å². The fraction of sp³-hybridized carbons (Fsp3) is 0.500. The molecular weight excluding hydrogens is 326 g/mol. The van der Waals surface area contributed by atoms with Gasteiger partial charge in [-0.05, 0) is 18.4 Å². The number of carbonyl (C=O) groups excluding carboxylic acids is 3. The highest BCUT2D eigenvalue weighted by molar-refractivity contribution is 5.86. The predicted molar refractivity (Wildman–Crippen MR) is 86.3 cm³/mol. The third-order valence-corrected chi connectivity index (χ3v) is 5.05. The van der Waals surface area contributed by atoms with E-state index in [1.54, 1.807) is 0 Å². The van der Waals surface area contributed by atoms with Crippen molar-refractivity contribution in [3.05, 3.63) is 35.9 Å². The lowest BCUT2D eigenvalue weighted by Gasteiger charge is -2.24. The van der Waals surface area contributed by atoms with E-state index < -0.39 is 42.0 Å². The molecule has 7 nitrogen and oxygen atoms in total. The van der Waals surface area contributed by atoms with Gasteiger partial charge in [0.25, 0.3) is 0 Å². The highest BCUT2D eigenvalue weighted by Crippen LogP contribution is 2.47. The van der Waals surface area contributed by atoms with Gasteiger partial charge in [-0.25, -0.2) is 4.79 Å². The number of amides is 1. The topological polar surface area (TPSA) is 82.1 Å². The van der Waals surface area contributed by atoms with Crippen LogP contribution in [0.15, 0.2) is 30.3 Å². The fourth-order valence-corrected chi connectivity index (χ4v) is 3.99. The summed E-state index contributed by atoms with van der Waals surface area (Å²) >= 11 is 0. The molecule has 2 bridgehead atoms. The van der Waals surface area contributed by atoms with Gasteiger partial charge < -0.3 is 19.1 Å². The van der Waals surface area contributed by atoms with E-state index in [2.05, 4.69) is 0 Å². The van der Waals surface area contributed by atoms with E-state index >= 15 is 0 Å². The Morgan fingerprint density at radius 2 is 1.48 bits per heavy atom. The first-order valence-corrected chi connectivity index (χ1v) is 8.23. The molecule has 4 atom stereocenters. The number of hydrogen-bond donors (Lipinski definition) is 0. The van der Waals surface area contributed by atoms with Gasteiger partial charge in [-0.15, -0.1) is 0 Å². The van der Waals surface area contributed by atoms with Crippen molar-refractivity contribution in [2.75, 3.05) is 14.2 Å². The fourth-order valence-electron chi connectivity index (χ4n) is 3.99. The number of benzene rings is 1. The molecule has 0 aromatic heterocycles. The van der Waals surface area contributed by atoms with Crippen molar-refractivity contribution in [3.8, 4) is 0 Å². The molecule has 2 saturated heterocycles. The van der Waals surface area contributed by atoms with Crippen LogP contribution in [0.4, 0.5) is 4.79 Å². The van der Waals surface area contributed by atoms with Gasteiger partial charge in [0.2, 0.25) is 0 Å². The molecule has 2 aliphatic rings. The largest absolute Gasteiger partial charge is 0.469 e. The van der Waals surface area contributed by atoms with Gasteiger partial charge in [0.05, 0.1) is 26.1 Å². The summed E-state index contributed by atoms with van der Waals surface area (Å²) in [4.78, 5) is 38.5. The summed E-state index contributed by atoms with van der Waals surface area (Å²) < 4.78 is 15.1. The molecule has 25 heavy (non-hydrogen) atoms. The second kappa shape index (κ2) is 7.13. The van der Waals surface area contributed by atoms with Gasteiger partial charge in [0.15, 0.2) is 0 Å². The maximum atomic E-state index is 12.6. The number of esters is 2. The molecule has 0 aliphatic carbocycles. The molecule has 0 spiro atoms.